The number of rotatable bonds is 26. The van der Waals surface area contributed by atoms with E-state index in [1.54, 1.807) is 20.8 Å². The Balaban J connectivity index is 2.84. The van der Waals surface area contributed by atoms with E-state index in [-0.39, 0.29) is 57.4 Å². The standard InChI is InChI=1S/C38H56N2O16/c1-7-29(41)49-19-37(20-50-30(42)8-2,21-51-31(43)9-3)25-55-35(47)39-17-27-14-13-15-28(16-27)18-40-36(48)56-26-38(22-52-32(44)10-4,23-53-33(45)11-5)24-54-34(46)12-6/h7-8,10,27-28H,1-2,4,9,11-26H2,3,5-6H3,(H,39,47)(H,40,48). The molecule has 18 heteroatoms. The van der Waals surface area contributed by atoms with Crippen LogP contribution in [-0.2, 0) is 66.7 Å². The van der Waals surface area contributed by atoms with Crippen molar-refractivity contribution in [3.05, 3.63) is 38.0 Å². The molecule has 0 aromatic heterocycles. The molecule has 56 heavy (non-hydrogen) atoms. The zero-order valence-corrected chi connectivity index (χ0v) is 32.6. The molecule has 1 saturated carbocycles. The van der Waals surface area contributed by atoms with Gasteiger partial charge in [-0.1, -0.05) is 46.9 Å². The molecule has 2 amide bonds. The van der Waals surface area contributed by atoms with Gasteiger partial charge in [0, 0.05) is 50.6 Å². The number of hydrogen-bond acceptors (Lipinski definition) is 16. The molecular formula is C38H56N2O16. The van der Waals surface area contributed by atoms with Crippen molar-refractivity contribution in [3.63, 3.8) is 0 Å². The van der Waals surface area contributed by atoms with Crippen LogP contribution in [0.2, 0.25) is 0 Å². The van der Waals surface area contributed by atoms with Crippen LogP contribution in [0.5, 0.6) is 0 Å². The van der Waals surface area contributed by atoms with Crippen LogP contribution in [0.1, 0.15) is 65.7 Å². The number of amides is 2. The van der Waals surface area contributed by atoms with Gasteiger partial charge in [-0.05, 0) is 31.1 Å². The molecule has 1 rings (SSSR count). The van der Waals surface area contributed by atoms with Gasteiger partial charge >= 0.3 is 48.0 Å². The number of carbonyl (C=O) groups is 8. The highest BCUT2D eigenvalue weighted by Gasteiger charge is 2.39. The number of carbonyl (C=O) groups excluding carboxylic acids is 8. The fourth-order valence-electron chi connectivity index (χ4n) is 5.12. The smallest absolute Gasteiger partial charge is 0.407 e. The number of ether oxygens (including phenoxy) is 8. The quantitative estimate of drug-likeness (QED) is 0.0726. The summed E-state index contributed by atoms with van der Waals surface area (Å²) in [5, 5.41) is 5.42. The number of esters is 6. The predicted octanol–water partition coefficient (Wildman–Crippen LogP) is 3.27. The first-order valence-corrected chi connectivity index (χ1v) is 18.3. The highest BCUT2D eigenvalue weighted by molar-refractivity contribution is 5.82. The topological polar surface area (TPSA) is 234 Å². The van der Waals surface area contributed by atoms with E-state index >= 15 is 0 Å². The minimum absolute atomic E-state index is 0.0187. The molecule has 18 nitrogen and oxygen atoms in total. The lowest BCUT2D eigenvalue weighted by molar-refractivity contribution is -0.165. The van der Waals surface area contributed by atoms with Gasteiger partial charge in [0.2, 0.25) is 0 Å². The largest absolute Gasteiger partial charge is 0.465 e. The summed E-state index contributed by atoms with van der Waals surface area (Å²) in [6, 6.07) is 0. The molecule has 0 heterocycles. The van der Waals surface area contributed by atoms with Crippen molar-refractivity contribution in [1.82, 2.24) is 10.6 Å². The Morgan fingerprint density at radius 1 is 0.500 bits per heavy atom. The second-order valence-corrected chi connectivity index (χ2v) is 13.3. The molecule has 1 aliphatic rings. The molecule has 0 aliphatic heterocycles. The van der Waals surface area contributed by atoms with Crippen LogP contribution in [0.3, 0.4) is 0 Å². The van der Waals surface area contributed by atoms with Gasteiger partial charge in [-0.15, -0.1) is 0 Å². The van der Waals surface area contributed by atoms with Gasteiger partial charge in [0.1, 0.15) is 63.7 Å². The van der Waals surface area contributed by atoms with Crippen molar-refractivity contribution in [2.45, 2.75) is 65.7 Å². The Morgan fingerprint density at radius 2 is 0.786 bits per heavy atom. The lowest BCUT2D eigenvalue weighted by Gasteiger charge is -2.32. The maximum absolute atomic E-state index is 12.8. The first kappa shape index (κ1) is 48.6. The summed E-state index contributed by atoms with van der Waals surface area (Å²) in [5.74, 6) is -4.04. The molecular weight excluding hydrogens is 740 g/mol. The van der Waals surface area contributed by atoms with Gasteiger partial charge in [0.15, 0.2) is 0 Å². The normalized spacial score (nSPS) is 15.1. The van der Waals surface area contributed by atoms with Gasteiger partial charge < -0.3 is 48.5 Å². The predicted molar refractivity (Wildman–Crippen MR) is 196 cm³/mol. The van der Waals surface area contributed by atoms with Crippen molar-refractivity contribution in [2.75, 3.05) is 65.9 Å². The third kappa shape index (κ3) is 19.8. The van der Waals surface area contributed by atoms with E-state index in [1.807, 2.05) is 0 Å². The van der Waals surface area contributed by atoms with Crippen molar-refractivity contribution in [2.24, 2.45) is 22.7 Å². The second kappa shape index (κ2) is 26.4. The molecule has 0 bridgehead atoms. The van der Waals surface area contributed by atoms with Crippen molar-refractivity contribution in [1.29, 1.82) is 0 Å². The molecule has 1 fully saturated rings. The van der Waals surface area contributed by atoms with Crippen LogP contribution in [0.4, 0.5) is 9.59 Å². The van der Waals surface area contributed by atoms with Crippen LogP contribution in [0.15, 0.2) is 38.0 Å². The molecule has 314 valence electrons. The van der Waals surface area contributed by atoms with Gasteiger partial charge in [-0.2, -0.15) is 0 Å². The monoisotopic (exact) mass is 796 g/mol. The number of alkyl carbamates (subject to hydrolysis) is 2. The molecule has 0 aromatic rings. The summed E-state index contributed by atoms with van der Waals surface area (Å²) in [4.78, 5) is 97.0. The Kier molecular flexibility index (Phi) is 22.9. The third-order valence-electron chi connectivity index (χ3n) is 8.53. The van der Waals surface area contributed by atoms with E-state index in [4.69, 9.17) is 37.9 Å². The molecule has 0 spiro atoms. The minimum atomic E-state index is -1.44. The molecule has 0 saturated heterocycles. The lowest BCUT2D eigenvalue weighted by atomic mass is 9.81. The van der Waals surface area contributed by atoms with Crippen LogP contribution in [-0.4, -0.2) is 114 Å². The molecule has 0 radical (unpaired) electrons. The SMILES string of the molecule is C=CC(=O)OCC(COC(=O)C=C)(COC(=O)CC)COC(=O)NCC1CCCC(CNC(=O)OCC(COC(=O)C=C)(COC(=O)CC)COC(=O)CC)C1. The molecule has 2 N–H and O–H groups in total. The van der Waals surface area contributed by atoms with E-state index in [0.29, 0.717) is 6.42 Å². The number of hydrogen-bond donors (Lipinski definition) is 2. The fraction of sp³-hybridized carbons (Fsp3) is 0.632. The molecule has 2 unspecified atom stereocenters. The highest BCUT2D eigenvalue weighted by Crippen LogP contribution is 2.29. The lowest BCUT2D eigenvalue weighted by Crippen LogP contribution is -2.45. The highest BCUT2D eigenvalue weighted by atomic mass is 16.6. The zero-order chi connectivity index (χ0) is 42.0. The Hall–Kier alpha value is -5.42. The zero-order valence-electron chi connectivity index (χ0n) is 32.6. The van der Waals surface area contributed by atoms with Crippen LogP contribution in [0.25, 0.3) is 0 Å². The van der Waals surface area contributed by atoms with Gasteiger partial charge in [-0.3, -0.25) is 14.4 Å². The van der Waals surface area contributed by atoms with Gasteiger partial charge in [-0.25, -0.2) is 24.0 Å². The Bertz CT molecular complexity index is 1330. The molecule has 0 aromatic carbocycles. The first-order valence-electron chi connectivity index (χ1n) is 18.3. The van der Waals surface area contributed by atoms with Crippen molar-refractivity contribution < 1.29 is 76.3 Å². The van der Waals surface area contributed by atoms with E-state index in [9.17, 15) is 38.4 Å². The van der Waals surface area contributed by atoms with Crippen LogP contribution < -0.4 is 10.6 Å². The maximum Gasteiger partial charge on any atom is 0.407 e. The summed E-state index contributed by atoms with van der Waals surface area (Å²) >= 11 is 0. The summed E-state index contributed by atoms with van der Waals surface area (Å²) in [6.45, 7) is 11.9. The van der Waals surface area contributed by atoms with Gasteiger partial charge in [0.25, 0.3) is 0 Å². The van der Waals surface area contributed by atoms with Crippen LogP contribution in [0, 0.1) is 22.7 Å². The molecule has 2 atom stereocenters. The van der Waals surface area contributed by atoms with E-state index in [2.05, 4.69) is 30.4 Å². The summed E-state index contributed by atoms with van der Waals surface area (Å²) in [5.41, 5.74) is -2.83. The van der Waals surface area contributed by atoms with E-state index < -0.39 is 98.5 Å². The fourth-order valence-corrected chi connectivity index (χ4v) is 5.12. The first-order chi connectivity index (χ1) is 26.7. The number of nitrogens with one attached hydrogen (secondary N) is 2. The average Bonchev–Trinajstić information content (AvgIpc) is 3.22. The Morgan fingerprint density at radius 3 is 1.07 bits per heavy atom. The van der Waals surface area contributed by atoms with E-state index in [0.717, 1.165) is 37.5 Å². The summed E-state index contributed by atoms with van der Waals surface area (Å²) in [6.07, 6.45) is 4.31. The summed E-state index contributed by atoms with van der Waals surface area (Å²) in [7, 11) is 0. The van der Waals surface area contributed by atoms with Crippen molar-refractivity contribution >= 4 is 48.0 Å². The van der Waals surface area contributed by atoms with Crippen LogP contribution >= 0.6 is 0 Å². The van der Waals surface area contributed by atoms with E-state index in [1.165, 1.54) is 0 Å². The molecule has 1 aliphatic carbocycles. The van der Waals surface area contributed by atoms with Crippen molar-refractivity contribution in [3.8, 4) is 0 Å². The second-order valence-electron chi connectivity index (χ2n) is 13.3. The van der Waals surface area contributed by atoms with Gasteiger partial charge in [0.05, 0.1) is 0 Å². The maximum atomic E-state index is 12.8. The third-order valence-corrected chi connectivity index (χ3v) is 8.53. The average molecular weight is 797 g/mol. The summed E-state index contributed by atoms with van der Waals surface area (Å²) < 4.78 is 42.2. The Labute approximate surface area is 326 Å². The minimum Gasteiger partial charge on any atom is -0.465 e.